The normalized spacial score (nSPS) is 20.6. The van der Waals surface area contributed by atoms with Gasteiger partial charge in [-0.1, -0.05) is 0 Å². The molecule has 8 nitrogen and oxygen atoms in total. The molecule has 0 aromatic carbocycles. The van der Waals surface area contributed by atoms with E-state index in [9.17, 15) is 0 Å². The van der Waals surface area contributed by atoms with Crippen LogP contribution in [0.25, 0.3) is 0 Å². The van der Waals surface area contributed by atoms with Crippen molar-refractivity contribution in [1.29, 1.82) is 21.0 Å². The third-order valence-electron chi connectivity index (χ3n) is 6.98. The molecule has 4 saturated carbocycles. The minimum atomic E-state index is 0.111. The average Bonchev–Trinajstić information content (AvgIpc) is 3.74. The monoisotopic (exact) mass is 552 g/mol. The SMILES string of the molecule is CC(C)NC(C#N)C1CC1.CC(C)NC(C#N)C1CC1.CC(C)NC(C#N)C1CC1.CC(C)NC(C#N)C1CC1. The molecule has 0 heterocycles. The van der Waals surface area contributed by atoms with Crippen LogP contribution >= 0.6 is 0 Å². The lowest BCUT2D eigenvalue weighted by Gasteiger charge is -2.12. The fourth-order valence-electron chi connectivity index (χ4n) is 4.27. The highest BCUT2D eigenvalue weighted by Crippen LogP contribution is 2.34. The fourth-order valence-corrected chi connectivity index (χ4v) is 4.27. The van der Waals surface area contributed by atoms with Crippen LogP contribution < -0.4 is 21.3 Å². The molecule has 4 atom stereocenters. The van der Waals surface area contributed by atoms with Crippen LogP contribution in [0.3, 0.4) is 0 Å². The summed E-state index contributed by atoms with van der Waals surface area (Å²) in [6, 6.07) is 11.3. The maximum absolute atomic E-state index is 8.67. The Hall–Kier alpha value is -2.20. The highest BCUT2D eigenvalue weighted by atomic mass is 15.0. The molecule has 0 aliphatic heterocycles. The quantitative estimate of drug-likeness (QED) is 0.260. The zero-order valence-corrected chi connectivity index (χ0v) is 26.4. The predicted octanol–water partition coefficient (Wildman–Crippen LogP) is 5.15. The van der Waals surface area contributed by atoms with E-state index in [1.165, 1.54) is 51.4 Å². The Kier molecular flexibility index (Phi) is 17.0. The third kappa shape index (κ3) is 17.5. The van der Waals surface area contributed by atoms with E-state index in [-0.39, 0.29) is 24.2 Å². The van der Waals surface area contributed by atoms with Gasteiger partial charge in [-0.2, -0.15) is 21.0 Å². The van der Waals surface area contributed by atoms with Crippen LogP contribution in [0, 0.1) is 69.0 Å². The van der Waals surface area contributed by atoms with Crippen molar-refractivity contribution < 1.29 is 0 Å². The van der Waals surface area contributed by atoms with Gasteiger partial charge in [0.15, 0.2) is 0 Å². The Balaban J connectivity index is 0.000000267. The van der Waals surface area contributed by atoms with Crippen LogP contribution in [0.2, 0.25) is 0 Å². The number of hydrogen-bond donors (Lipinski definition) is 4. The first kappa shape index (κ1) is 35.8. The fraction of sp³-hybridized carbons (Fsp3) is 0.875. The summed E-state index contributed by atoms with van der Waals surface area (Å²) in [5, 5.41) is 47.6. The van der Waals surface area contributed by atoms with E-state index in [1.54, 1.807) is 0 Å². The molecule has 0 aromatic heterocycles. The average molecular weight is 553 g/mol. The zero-order valence-electron chi connectivity index (χ0n) is 26.4. The summed E-state index contributed by atoms with van der Waals surface area (Å²) < 4.78 is 0. The van der Waals surface area contributed by atoms with Crippen molar-refractivity contribution in [3.8, 4) is 24.3 Å². The summed E-state index contributed by atoms with van der Waals surface area (Å²) >= 11 is 0. The van der Waals surface area contributed by atoms with E-state index in [4.69, 9.17) is 21.0 Å². The van der Waals surface area contributed by atoms with Crippen molar-refractivity contribution in [2.75, 3.05) is 0 Å². The third-order valence-corrected chi connectivity index (χ3v) is 6.98. The first-order valence-electron chi connectivity index (χ1n) is 15.6. The molecule has 40 heavy (non-hydrogen) atoms. The summed E-state index contributed by atoms with van der Waals surface area (Å²) in [6.45, 7) is 16.6. The topological polar surface area (TPSA) is 143 Å². The molecule has 4 aliphatic carbocycles. The molecule has 224 valence electrons. The molecule has 0 saturated heterocycles. The van der Waals surface area contributed by atoms with Crippen LogP contribution in [0.1, 0.15) is 107 Å². The summed E-state index contributed by atoms with van der Waals surface area (Å²) in [4.78, 5) is 0. The lowest BCUT2D eigenvalue weighted by molar-refractivity contribution is 0.492. The van der Waals surface area contributed by atoms with Crippen LogP contribution in [0.5, 0.6) is 0 Å². The van der Waals surface area contributed by atoms with E-state index in [0.717, 1.165) is 0 Å². The van der Waals surface area contributed by atoms with E-state index in [1.807, 2.05) is 0 Å². The first-order valence-corrected chi connectivity index (χ1v) is 15.6. The summed E-state index contributed by atoms with van der Waals surface area (Å²) in [5.41, 5.74) is 0. The van der Waals surface area contributed by atoms with Gasteiger partial charge in [0.25, 0.3) is 0 Å². The highest BCUT2D eigenvalue weighted by molar-refractivity contribution is 5.03. The van der Waals surface area contributed by atoms with Gasteiger partial charge >= 0.3 is 0 Å². The van der Waals surface area contributed by atoms with Crippen molar-refractivity contribution in [3.05, 3.63) is 0 Å². The molecule has 4 fully saturated rings. The molecular formula is C32H56N8. The summed E-state index contributed by atoms with van der Waals surface area (Å²) in [5.74, 6) is 2.58. The zero-order chi connectivity index (χ0) is 30.2. The van der Waals surface area contributed by atoms with Crippen LogP contribution in [-0.4, -0.2) is 48.3 Å². The van der Waals surface area contributed by atoms with E-state index < -0.39 is 0 Å². The number of nitriles is 4. The molecule has 0 bridgehead atoms. The van der Waals surface area contributed by atoms with Gasteiger partial charge in [-0.05, 0) is 130 Å². The Labute approximate surface area is 245 Å². The van der Waals surface area contributed by atoms with E-state index >= 15 is 0 Å². The van der Waals surface area contributed by atoms with Crippen molar-refractivity contribution in [3.63, 3.8) is 0 Å². The Morgan fingerprint density at radius 1 is 0.375 bits per heavy atom. The van der Waals surface area contributed by atoms with Gasteiger partial charge in [0.2, 0.25) is 0 Å². The first-order chi connectivity index (χ1) is 18.9. The Bertz CT molecular complexity index is 711. The van der Waals surface area contributed by atoms with Crippen molar-refractivity contribution in [2.45, 2.75) is 155 Å². The van der Waals surface area contributed by atoms with Gasteiger partial charge in [-0.25, -0.2) is 0 Å². The molecule has 0 radical (unpaired) electrons. The molecule has 0 amide bonds. The van der Waals surface area contributed by atoms with Gasteiger partial charge in [0.1, 0.15) is 0 Å². The second-order valence-electron chi connectivity index (χ2n) is 13.1. The maximum atomic E-state index is 8.67. The number of nitrogens with one attached hydrogen (secondary N) is 4. The molecule has 4 unspecified atom stereocenters. The van der Waals surface area contributed by atoms with Crippen molar-refractivity contribution >= 4 is 0 Å². The molecule has 4 aliphatic rings. The molecule has 4 N–H and O–H groups in total. The van der Waals surface area contributed by atoms with Crippen LogP contribution in [0.15, 0.2) is 0 Å². The van der Waals surface area contributed by atoms with Gasteiger partial charge in [0, 0.05) is 24.2 Å². The van der Waals surface area contributed by atoms with Gasteiger partial charge in [0.05, 0.1) is 48.4 Å². The lowest BCUT2D eigenvalue weighted by atomic mass is 10.2. The Morgan fingerprint density at radius 2 is 0.525 bits per heavy atom. The molecule has 8 heteroatoms. The van der Waals surface area contributed by atoms with Crippen molar-refractivity contribution in [2.24, 2.45) is 23.7 Å². The molecule has 4 rings (SSSR count). The van der Waals surface area contributed by atoms with Crippen LogP contribution in [-0.2, 0) is 0 Å². The van der Waals surface area contributed by atoms with Gasteiger partial charge in [-0.15, -0.1) is 0 Å². The summed E-state index contributed by atoms with van der Waals surface area (Å²) in [7, 11) is 0. The van der Waals surface area contributed by atoms with E-state index in [2.05, 4.69) is 101 Å². The van der Waals surface area contributed by atoms with Crippen molar-refractivity contribution in [1.82, 2.24) is 21.3 Å². The molecular weight excluding hydrogens is 496 g/mol. The summed E-state index contributed by atoms with van der Waals surface area (Å²) in [6.07, 6.45) is 9.87. The number of rotatable bonds is 12. The van der Waals surface area contributed by atoms with Gasteiger partial charge in [-0.3, -0.25) is 21.3 Å². The second kappa shape index (κ2) is 19.0. The van der Waals surface area contributed by atoms with E-state index in [0.29, 0.717) is 47.8 Å². The number of nitrogens with zero attached hydrogens (tertiary/aromatic N) is 4. The molecule has 0 spiro atoms. The predicted molar refractivity (Wildman–Crippen MR) is 162 cm³/mol. The molecule has 0 aromatic rings. The number of hydrogen-bond acceptors (Lipinski definition) is 8. The lowest BCUT2D eigenvalue weighted by Crippen LogP contribution is -2.35. The smallest absolute Gasteiger partial charge is 0.0983 e. The maximum Gasteiger partial charge on any atom is 0.0983 e. The second-order valence-corrected chi connectivity index (χ2v) is 13.1. The minimum absolute atomic E-state index is 0.111. The van der Waals surface area contributed by atoms with Crippen LogP contribution in [0.4, 0.5) is 0 Å². The standard InChI is InChI=1S/4C8H14N2/c4*1-6(2)10-8(5-9)7-3-4-7/h4*6-8,10H,3-4H2,1-2H3. The minimum Gasteiger partial charge on any atom is -0.299 e. The van der Waals surface area contributed by atoms with Gasteiger partial charge < -0.3 is 0 Å². The Morgan fingerprint density at radius 3 is 0.600 bits per heavy atom. The highest BCUT2D eigenvalue weighted by Gasteiger charge is 2.33. The largest absolute Gasteiger partial charge is 0.299 e.